The lowest BCUT2D eigenvalue weighted by atomic mass is 9.88. The Morgan fingerprint density at radius 3 is 2.83 bits per heavy atom. The topological polar surface area (TPSA) is 73.2 Å². The molecular weight excluding hydrogens is 306 g/mol. The van der Waals surface area contributed by atoms with Crippen LogP contribution in [0, 0.1) is 5.92 Å². The number of nitrogens with one attached hydrogen (secondary N) is 1. The Labute approximate surface area is 140 Å². The van der Waals surface area contributed by atoms with Gasteiger partial charge in [-0.05, 0) is 55.0 Å². The van der Waals surface area contributed by atoms with E-state index >= 15 is 0 Å². The van der Waals surface area contributed by atoms with E-state index in [4.69, 9.17) is 4.74 Å². The molecule has 3 rings (SSSR count). The van der Waals surface area contributed by atoms with Gasteiger partial charge < -0.3 is 10.1 Å². The summed E-state index contributed by atoms with van der Waals surface area (Å²) in [6.45, 7) is 2.09. The smallest absolute Gasteiger partial charge is 0.267 e. The molecule has 1 N–H and O–H groups in total. The van der Waals surface area contributed by atoms with E-state index in [1.807, 2.05) is 0 Å². The largest absolute Gasteiger partial charge is 0.497 e. The third kappa shape index (κ3) is 3.64. The fourth-order valence-corrected chi connectivity index (χ4v) is 2.94. The number of aryl methyl sites for hydroxylation is 1. The van der Waals surface area contributed by atoms with Crippen molar-refractivity contribution < 1.29 is 9.53 Å². The fraction of sp³-hybridized carbons (Fsp3) is 0.389. The van der Waals surface area contributed by atoms with Crippen molar-refractivity contribution in [3.05, 3.63) is 51.9 Å². The summed E-state index contributed by atoms with van der Waals surface area (Å²) < 4.78 is 6.32. The molecule has 0 fully saturated rings. The average Bonchev–Trinajstić information content (AvgIpc) is 2.56. The van der Waals surface area contributed by atoms with Crippen molar-refractivity contribution in [3.63, 3.8) is 0 Å². The molecule has 24 heavy (non-hydrogen) atoms. The van der Waals surface area contributed by atoms with Crippen LogP contribution in [0.25, 0.3) is 0 Å². The first-order chi connectivity index (χ1) is 11.5. The number of nitrogens with zero attached hydrogens (tertiary/aromatic N) is 2. The minimum Gasteiger partial charge on any atom is -0.497 e. The monoisotopic (exact) mass is 327 g/mol. The quantitative estimate of drug-likeness (QED) is 0.932. The van der Waals surface area contributed by atoms with Crippen LogP contribution in [0.5, 0.6) is 5.75 Å². The summed E-state index contributed by atoms with van der Waals surface area (Å²) in [5, 5.41) is 7.14. The van der Waals surface area contributed by atoms with Crippen molar-refractivity contribution in [1.82, 2.24) is 9.78 Å². The number of rotatable bonds is 4. The van der Waals surface area contributed by atoms with Crippen LogP contribution in [0.1, 0.15) is 24.6 Å². The number of hydrogen-bond acceptors (Lipinski definition) is 4. The summed E-state index contributed by atoms with van der Waals surface area (Å²) in [5.74, 6) is 1.02. The van der Waals surface area contributed by atoms with E-state index < -0.39 is 0 Å². The number of methoxy groups -OCH3 is 1. The molecule has 2 aromatic rings. The molecule has 0 saturated carbocycles. The van der Waals surface area contributed by atoms with Crippen LogP contribution in [-0.4, -0.2) is 22.8 Å². The van der Waals surface area contributed by atoms with Crippen molar-refractivity contribution in [2.75, 3.05) is 12.4 Å². The Morgan fingerprint density at radius 1 is 1.38 bits per heavy atom. The van der Waals surface area contributed by atoms with E-state index in [2.05, 4.69) is 17.3 Å². The van der Waals surface area contributed by atoms with Gasteiger partial charge in [0.2, 0.25) is 5.91 Å². The first-order valence-electron chi connectivity index (χ1n) is 8.09. The highest BCUT2D eigenvalue weighted by Crippen LogP contribution is 2.22. The number of carbonyl (C=O) groups excluding carboxylic acids is 1. The van der Waals surface area contributed by atoms with E-state index in [1.165, 1.54) is 4.68 Å². The van der Waals surface area contributed by atoms with E-state index in [0.717, 1.165) is 36.3 Å². The van der Waals surface area contributed by atoms with Crippen molar-refractivity contribution in [2.24, 2.45) is 5.92 Å². The number of benzene rings is 1. The molecule has 0 aliphatic heterocycles. The van der Waals surface area contributed by atoms with Crippen molar-refractivity contribution in [2.45, 2.75) is 32.7 Å². The molecule has 1 aromatic carbocycles. The highest BCUT2D eigenvalue weighted by Gasteiger charge is 2.18. The van der Waals surface area contributed by atoms with E-state index in [0.29, 0.717) is 11.6 Å². The Hall–Kier alpha value is -2.63. The fourth-order valence-electron chi connectivity index (χ4n) is 2.94. The second-order valence-corrected chi connectivity index (χ2v) is 6.24. The number of fused-ring (bicyclic) bond motifs is 1. The summed E-state index contributed by atoms with van der Waals surface area (Å²) >= 11 is 0. The summed E-state index contributed by atoms with van der Waals surface area (Å²) in [6, 6.07) is 8.65. The molecule has 1 atom stereocenters. The molecule has 1 aliphatic rings. The van der Waals surface area contributed by atoms with Gasteiger partial charge in [0, 0.05) is 11.8 Å². The highest BCUT2D eigenvalue weighted by molar-refractivity contribution is 5.90. The van der Waals surface area contributed by atoms with Gasteiger partial charge in [-0.2, -0.15) is 5.10 Å². The van der Waals surface area contributed by atoms with Gasteiger partial charge in [-0.25, -0.2) is 4.68 Å². The van der Waals surface area contributed by atoms with Crippen LogP contribution in [0.4, 0.5) is 5.69 Å². The zero-order valence-electron chi connectivity index (χ0n) is 13.9. The van der Waals surface area contributed by atoms with Crippen LogP contribution in [-0.2, 0) is 24.2 Å². The van der Waals surface area contributed by atoms with Crippen molar-refractivity contribution in [1.29, 1.82) is 0 Å². The standard InChI is InChI=1S/C18H21N3O3/c1-12-3-8-16-13(9-12)10-18(23)21(20-16)11-17(22)19-14-4-6-15(24-2)7-5-14/h4-7,10,12H,3,8-9,11H2,1-2H3,(H,19,22)/t12-/m0/s1. The first kappa shape index (κ1) is 16.2. The predicted octanol–water partition coefficient (Wildman–Crippen LogP) is 2.02. The van der Waals surface area contributed by atoms with Crippen LogP contribution < -0.4 is 15.6 Å². The van der Waals surface area contributed by atoms with Gasteiger partial charge in [0.05, 0.1) is 12.8 Å². The zero-order valence-corrected chi connectivity index (χ0v) is 13.9. The SMILES string of the molecule is COc1ccc(NC(=O)Cn2nc3c(cc2=O)C[C@@H](C)CC3)cc1. The highest BCUT2D eigenvalue weighted by atomic mass is 16.5. The number of ether oxygens (including phenoxy) is 1. The Balaban J connectivity index is 1.71. The molecule has 1 aliphatic carbocycles. The molecule has 0 spiro atoms. The zero-order chi connectivity index (χ0) is 17.1. The van der Waals surface area contributed by atoms with Gasteiger partial charge in [-0.1, -0.05) is 6.92 Å². The summed E-state index contributed by atoms with van der Waals surface area (Å²) in [4.78, 5) is 24.3. The molecule has 1 aromatic heterocycles. The summed E-state index contributed by atoms with van der Waals surface area (Å²) in [5.41, 5.74) is 2.38. The summed E-state index contributed by atoms with van der Waals surface area (Å²) in [6.07, 6.45) is 2.81. The van der Waals surface area contributed by atoms with Gasteiger partial charge >= 0.3 is 0 Å². The third-order valence-electron chi connectivity index (χ3n) is 4.27. The van der Waals surface area contributed by atoms with Crippen molar-refractivity contribution in [3.8, 4) is 5.75 Å². The third-order valence-corrected chi connectivity index (χ3v) is 4.27. The number of anilines is 1. The second-order valence-electron chi connectivity index (χ2n) is 6.24. The van der Waals surface area contributed by atoms with Gasteiger partial charge in [-0.3, -0.25) is 9.59 Å². The number of hydrogen-bond donors (Lipinski definition) is 1. The molecule has 1 heterocycles. The Bertz CT molecular complexity index is 796. The lowest BCUT2D eigenvalue weighted by Crippen LogP contribution is -2.32. The molecule has 6 nitrogen and oxygen atoms in total. The number of aromatic nitrogens is 2. The minimum absolute atomic E-state index is 0.0896. The Morgan fingerprint density at radius 2 is 2.12 bits per heavy atom. The summed E-state index contributed by atoms with van der Waals surface area (Å²) in [7, 11) is 1.59. The first-order valence-corrected chi connectivity index (χ1v) is 8.09. The van der Waals surface area contributed by atoms with Gasteiger partial charge in [-0.15, -0.1) is 0 Å². The lowest BCUT2D eigenvalue weighted by Gasteiger charge is -2.20. The van der Waals surface area contributed by atoms with E-state index in [-0.39, 0.29) is 18.0 Å². The number of amides is 1. The molecule has 0 radical (unpaired) electrons. The van der Waals surface area contributed by atoms with Crippen LogP contribution in [0.15, 0.2) is 35.1 Å². The lowest BCUT2D eigenvalue weighted by molar-refractivity contribution is -0.117. The van der Waals surface area contributed by atoms with E-state index in [1.54, 1.807) is 37.4 Å². The Kier molecular flexibility index (Phi) is 4.64. The van der Waals surface area contributed by atoms with Crippen molar-refractivity contribution >= 4 is 11.6 Å². The van der Waals surface area contributed by atoms with Crippen LogP contribution in [0.2, 0.25) is 0 Å². The number of carbonyl (C=O) groups is 1. The van der Waals surface area contributed by atoms with Gasteiger partial charge in [0.15, 0.2) is 0 Å². The average molecular weight is 327 g/mol. The van der Waals surface area contributed by atoms with Gasteiger partial charge in [0.1, 0.15) is 12.3 Å². The molecule has 6 heteroatoms. The maximum absolute atomic E-state index is 12.2. The molecule has 0 saturated heterocycles. The molecular formula is C18H21N3O3. The molecule has 126 valence electrons. The van der Waals surface area contributed by atoms with Crippen LogP contribution in [0.3, 0.4) is 0 Å². The van der Waals surface area contributed by atoms with E-state index in [9.17, 15) is 9.59 Å². The van der Waals surface area contributed by atoms with Gasteiger partial charge in [0.25, 0.3) is 5.56 Å². The normalized spacial score (nSPS) is 16.3. The second kappa shape index (κ2) is 6.86. The van der Waals surface area contributed by atoms with Crippen LogP contribution >= 0.6 is 0 Å². The predicted molar refractivity (Wildman–Crippen MR) is 91.3 cm³/mol. The minimum atomic E-state index is -0.279. The molecule has 0 bridgehead atoms. The maximum Gasteiger partial charge on any atom is 0.267 e. The maximum atomic E-state index is 12.2. The molecule has 1 amide bonds. The molecule has 0 unspecified atom stereocenters.